The van der Waals surface area contributed by atoms with Crippen molar-refractivity contribution in [2.45, 2.75) is 61.9 Å². The van der Waals surface area contributed by atoms with E-state index in [9.17, 15) is 36.0 Å². The number of nitrogens with one attached hydrogen (secondary N) is 5. The zero-order valence-electron chi connectivity index (χ0n) is 26.5. The number of hydrogen-bond acceptors (Lipinski definition) is 11. The number of hydrogen-bond donors (Lipinski definition) is 5. The quantitative estimate of drug-likeness (QED) is 0.126. The first-order valence-corrected chi connectivity index (χ1v) is 17.6. The topological polar surface area (TPSA) is 193 Å². The number of amides is 3. The molecule has 1 heterocycles. The zero-order chi connectivity index (χ0) is 35.9. The molecule has 0 unspecified atom stereocenters. The summed E-state index contributed by atoms with van der Waals surface area (Å²) in [5.74, 6) is -1.53. The Kier molecular flexibility index (Phi) is 11.3. The van der Waals surface area contributed by atoms with Gasteiger partial charge in [0.1, 0.15) is 0 Å². The predicted molar refractivity (Wildman–Crippen MR) is 176 cm³/mol. The average Bonchev–Trinajstić information content (AvgIpc) is 3.98. The maximum absolute atomic E-state index is 12.9. The van der Waals surface area contributed by atoms with Crippen molar-refractivity contribution in [1.29, 1.82) is 0 Å². The van der Waals surface area contributed by atoms with Crippen LogP contribution >= 0.6 is 11.6 Å². The van der Waals surface area contributed by atoms with Crippen molar-refractivity contribution in [2.75, 3.05) is 30.3 Å². The second-order valence-electron chi connectivity index (χ2n) is 11.8. The van der Waals surface area contributed by atoms with Crippen LogP contribution in [0.25, 0.3) is 0 Å². The molecular weight excluding hydrogens is 705 g/mol. The van der Waals surface area contributed by atoms with Crippen LogP contribution in [0, 0.1) is 0 Å². The standard InChI is InChI=1S/C31H34ClF3N8O6S/c32-21-7-5-20(6-8-21)30(14-15-30)42-28-39-27(40-29(41-28)49-18-31(33,34)35)38-22-9-3-19(4-10-22)26(46)37-16-1-2-24(44)36-17-13-25(45)43-50(47,48)23-11-12-23/h3-10,23H,1-2,11-18H2,(H,36,44)(H,37,46)(H,43,45)(H2,38,39,40,41,42). The van der Waals surface area contributed by atoms with Gasteiger partial charge in [-0.3, -0.25) is 19.1 Å². The number of rotatable bonds is 17. The van der Waals surface area contributed by atoms with Crippen molar-refractivity contribution in [3.63, 3.8) is 0 Å². The molecule has 0 radical (unpaired) electrons. The molecule has 2 saturated carbocycles. The van der Waals surface area contributed by atoms with Gasteiger partial charge in [-0.15, -0.1) is 0 Å². The van der Waals surface area contributed by atoms with Gasteiger partial charge < -0.3 is 26.0 Å². The van der Waals surface area contributed by atoms with E-state index in [4.69, 9.17) is 16.3 Å². The maximum atomic E-state index is 12.9. The summed E-state index contributed by atoms with van der Waals surface area (Å²) in [6, 6.07) is 12.8. The molecular formula is C31H34ClF3N8O6S. The minimum atomic E-state index is -4.61. The van der Waals surface area contributed by atoms with E-state index < -0.39 is 51.4 Å². The van der Waals surface area contributed by atoms with Gasteiger partial charge in [0.25, 0.3) is 5.91 Å². The van der Waals surface area contributed by atoms with Gasteiger partial charge in [-0.2, -0.15) is 28.1 Å². The molecule has 268 valence electrons. The number of carbonyl (C=O) groups excluding carboxylic acids is 3. The fourth-order valence-corrected chi connectivity index (χ4v) is 6.20. The molecule has 2 aliphatic carbocycles. The second kappa shape index (κ2) is 15.5. The van der Waals surface area contributed by atoms with E-state index >= 15 is 0 Å². The smallest absolute Gasteiger partial charge is 0.422 e. The molecule has 50 heavy (non-hydrogen) atoms. The number of nitrogens with zero attached hydrogens (tertiary/aromatic N) is 3. The minimum Gasteiger partial charge on any atom is -0.454 e. The highest BCUT2D eigenvalue weighted by Gasteiger charge is 2.45. The van der Waals surface area contributed by atoms with Gasteiger partial charge in [0.2, 0.25) is 33.7 Å². The molecule has 19 heteroatoms. The Bertz CT molecular complexity index is 1810. The van der Waals surface area contributed by atoms with Crippen molar-refractivity contribution in [1.82, 2.24) is 30.3 Å². The Morgan fingerprint density at radius 3 is 2.20 bits per heavy atom. The van der Waals surface area contributed by atoms with E-state index in [2.05, 4.69) is 36.2 Å². The molecule has 3 amide bonds. The van der Waals surface area contributed by atoms with Crippen molar-refractivity contribution in [2.24, 2.45) is 0 Å². The van der Waals surface area contributed by atoms with Crippen molar-refractivity contribution < 1.29 is 40.7 Å². The van der Waals surface area contributed by atoms with Crippen LogP contribution in [0.5, 0.6) is 6.01 Å². The summed E-state index contributed by atoms with van der Waals surface area (Å²) >= 11 is 6.01. The summed E-state index contributed by atoms with van der Waals surface area (Å²) in [6.07, 6.45) is -1.88. The highest BCUT2D eigenvalue weighted by atomic mass is 35.5. The first-order valence-electron chi connectivity index (χ1n) is 15.7. The van der Waals surface area contributed by atoms with Crippen LogP contribution in [0.15, 0.2) is 48.5 Å². The summed E-state index contributed by atoms with van der Waals surface area (Å²) in [4.78, 5) is 48.8. The Hall–Kier alpha value is -4.71. The summed E-state index contributed by atoms with van der Waals surface area (Å²) in [6.45, 7) is -1.43. The number of carbonyl (C=O) groups is 3. The molecule has 0 saturated heterocycles. The van der Waals surface area contributed by atoms with Gasteiger partial charge in [-0.05, 0) is 74.1 Å². The molecule has 14 nitrogen and oxygen atoms in total. The highest BCUT2D eigenvalue weighted by molar-refractivity contribution is 7.90. The molecule has 2 fully saturated rings. The highest BCUT2D eigenvalue weighted by Crippen LogP contribution is 2.48. The Labute approximate surface area is 290 Å². The van der Waals surface area contributed by atoms with Gasteiger partial charge in [-0.1, -0.05) is 23.7 Å². The SMILES string of the molecule is O=C(CCCNC(=O)c1ccc(Nc2nc(NC3(c4ccc(Cl)cc4)CC3)nc(OCC(F)(F)F)n2)cc1)NCCC(=O)NS(=O)(=O)C1CC1. The fourth-order valence-electron chi connectivity index (χ4n) is 4.74. The van der Waals surface area contributed by atoms with Gasteiger partial charge in [0, 0.05) is 42.2 Å². The van der Waals surface area contributed by atoms with Gasteiger partial charge in [0.05, 0.1) is 10.8 Å². The molecule has 2 aliphatic rings. The lowest BCUT2D eigenvalue weighted by Gasteiger charge is -2.19. The van der Waals surface area contributed by atoms with Crippen LogP contribution in [0.1, 0.15) is 60.9 Å². The second-order valence-corrected chi connectivity index (χ2v) is 14.2. The number of benzene rings is 2. The van der Waals surface area contributed by atoms with E-state index in [0.717, 1.165) is 18.4 Å². The van der Waals surface area contributed by atoms with E-state index in [0.29, 0.717) is 35.5 Å². The molecule has 2 aromatic carbocycles. The van der Waals surface area contributed by atoms with Gasteiger partial charge in [-0.25, -0.2) is 8.42 Å². The molecule has 5 N–H and O–H groups in total. The molecule has 0 atom stereocenters. The first-order chi connectivity index (χ1) is 23.7. The lowest BCUT2D eigenvalue weighted by atomic mass is 10.1. The molecule has 5 rings (SSSR count). The molecule has 0 bridgehead atoms. The van der Waals surface area contributed by atoms with E-state index in [1.807, 2.05) is 16.9 Å². The minimum absolute atomic E-state index is 0.00150. The van der Waals surface area contributed by atoms with Gasteiger partial charge >= 0.3 is 12.2 Å². The van der Waals surface area contributed by atoms with Crippen LogP contribution < -0.4 is 30.7 Å². The van der Waals surface area contributed by atoms with Crippen LogP contribution in [-0.2, 0) is 25.2 Å². The number of sulfonamides is 1. The summed E-state index contributed by atoms with van der Waals surface area (Å²) in [5.41, 5.74) is 1.12. The number of anilines is 3. The number of ether oxygens (including phenoxy) is 1. The number of halogens is 4. The average molecular weight is 739 g/mol. The number of aromatic nitrogens is 3. The monoisotopic (exact) mass is 738 g/mol. The van der Waals surface area contributed by atoms with Crippen LogP contribution in [0.3, 0.4) is 0 Å². The Balaban J connectivity index is 1.10. The summed E-state index contributed by atoms with van der Waals surface area (Å²) in [5, 5.41) is 11.4. The summed E-state index contributed by atoms with van der Waals surface area (Å²) in [7, 11) is -3.63. The predicted octanol–water partition coefficient (Wildman–Crippen LogP) is 3.94. The van der Waals surface area contributed by atoms with E-state index in [1.54, 1.807) is 24.3 Å². The lowest BCUT2D eigenvalue weighted by molar-refractivity contribution is -0.154. The lowest BCUT2D eigenvalue weighted by Crippen LogP contribution is -2.36. The van der Waals surface area contributed by atoms with Crippen LogP contribution in [0.4, 0.5) is 30.8 Å². The largest absolute Gasteiger partial charge is 0.454 e. The zero-order valence-corrected chi connectivity index (χ0v) is 28.1. The third-order valence-electron chi connectivity index (χ3n) is 7.64. The molecule has 3 aromatic rings. The fraction of sp³-hybridized carbons (Fsp3) is 0.419. The van der Waals surface area contributed by atoms with Crippen molar-refractivity contribution in [3.8, 4) is 6.01 Å². The number of alkyl halides is 3. The van der Waals surface area contributed by atoms with Gasteiger partial charge in [0.15, 0.2) is 6.61 Å². The molecule has 1 aromatic heterocycles. The Morgan fingerprint density at radius 1 is 0.880 bits per heavy atom. The Morgan fingerprint density at radius 2 is 1.56 bits per heavy atom. The van der Waals surface area contributed by atoms with Crippen LogP contribution in [-0.4, -0.2) is 72.2 Å². The van der Waals surface area contributed by atoms with Crippen molar-refractivity contribution >= 4 is 56.9 Å². The first kappa shape index (κ1) is 36.6. The summed E-state index contributed by atoms with van der Waals surface area (Å²) < 4.78 is 69.0. The van der Waals surface area contributed by atoms with E-state index in [1.165, 1.54) is 12.1 Å². The van der Waals surface area contributed by atoms with E-state index in [-0.39, 0.29) is 43.7 Å². The molecule has 0 spiro atoms. The third kappa shape index (κ3) is 10.9. The normalized spacial score (nSPS) is 15.0. The van der Waals surface area contributed by atoms with Crippen molar-refractivity contribution in [3.05, 3.63) is 64.7 Å². The van der Waals surface area contributed by atoms with Crippen LogP contribution in [0.2, 0.25) is 5.02 Å². The molecule has 0 aliphatic heterocycles. The maximum Gasteiger partial charge on any atom is 0.422 e. The third-order valence-corrected chi connectivity index (χ3v) is 9.75.